The number of hydrogen-bond acceptors (Lipinski definition) is 7. The van der Waals surface area contributed by atoms with E-state index >= 15 is 0 Å². The molecule has 0 heterocycles. The van der Waals surface area contributed by atoms with Crippen LogP contribution in [0.1, 0.15) is 30.6 Å². The third-order valence-corrected chi connectivity index (χ3v) is 4.54. The first-order valence-corrected chi connectivity index (χ1v) is 9.70. The number of aromatic hydroxyl groups is 1. The zero-order valence-electron chi connectivity index (χ0n) is 16.2. The molecule has 0 unspecified atom stereocenters. The molecule has 0 aliphatic rings. The summed E-state index contributed by atoms with van der Waals surface area (Å²) in [6.07, 6.45) is -1.30. The summed E-state index contributed by atoms with van der Waals surface area (Å²) in [5.74, 6) is -2.23. The van der Waals surface area contributed by atoms with Crippen LogP contribution < -0.4 is 5.32 Å². The highest BCUT2D eigenvalue weighted by Crippen LogP contribution is 2.31. The van der Waals surface area contributed by atoms with Crippen molar-refractivity contribution < 1.29 is 28.6 Å². The number of nitrogens with zero attached hydrogens (tertiary/aromatic N) is 1. The van der Waals surface area contributed by atoms with Crippen molar-refractivity contribution >= 4 is 30.4 Å². The number of esters is 1. The molecule has 0 bridgehead atoms. The molecular formula is C21H21FN2O5S. The van der Waals surface area contributed by atoms with Gasteiger partial charge in [-0.1, -0.05) is 13.0 Å². The van der Waals surface area contributed by atoms with Crippen LogP contribution in [0, 0.1) is 23.1 Å². The first-order chi connectivity index (χ1) is 14.3. The second-order valence-electron chi connectivity index (χ2n) is 6.50. The molecular weight excluding hydrogens is 411 g/mol. The molecule has 0 saturated carbocycles. The number of amides is 1. The van der Waals surface area contributed by atoms with Gasteiger partial charge in [0.05, 0.1) is 24.0 Å². The van der Waals surface area contributed by atoms with Crippen LogP contribution in [0.4, 0.5) is 14.9 Å². The van der Waals surface area contributed by atoms with Gasteiger partial charge >= 0.3 is 12.1 Å². The van der Waals surface area contributed by atoms with Gasteiger partial charge in [0.1, 0.15) is 6.10 Å². The molecule has 30 heavy (non-hydrogen) atoms. The maximum Gasteiger partial charge on any atom is 0.412 e. The Morgan fingerprint density at radius 2 is 1.97 bits per heavy atom. The Labute approximate surface area is 178 Å². The highest BCUT2D eigenvalue weighted by atomic mass is 32.1. The molecule has 2 N–H and O–H groups in total. The standard InChI is InChI=1S/C21H21FN2O5S/c1-13(8-9-28-19(26)12-30)20(15-4-7-18(25)17(22)10-15)29-21(27)24-16-5-2-14(11-23)3-6-16/h2-7,10,13,20,25,30H,8-9,12H2,1H3,(H,24,27)/t13-,20-/m1/s1. The Morgan fingerprint density at radius 3 is 2.57 bits per heavy atom. The Kier molecular flexibility index (Phi) is 8.50. The quantitative estimate of drug-likeness (QED) is 0.426. The number of benzene rings is 2. The Morgan fingerprint density at radius 1 is 1.27 bits per heavy atom. The van der Waals surface area contributed by atoms with Crippen molar-refractivity contribution in [1.29, 1.82) is 5.26 Å². The third-order valence-electron chi connectivity index (χ3n) is 4.28. The summed E-state index contributed by atoms with van der Waals surface area (Å²) in [4.78, 5) is 23.6. The predicted octanol–water partition coefficient (Wildman–Crippen LogP) is 4.19. The van der Waals surface area contributed by atoms with Crippen molar-refractivity contribution in [1.82, 2.24) is 0 Å². The molecule has 158 valence electrons. The van der Waals surface area contributed by atoms with E-state index in [2.05, 4.69) is 17.9 Å². The predicted molar refractivity (Wildman–Crippen MR) is 111 cm³/mol. The normalized spacial score (nSPS) is 12.3. The fourth-order valence-corrected chi connectivity index (χ4v) is 2.75. The average Bonchev–Trinajstić information content (AvgIpc) is 2.74. The molecule has 0 aliphatic heterocycles. The van der Waals surface area contributed by atoms with Crippen LogP contribution in [0.3, 0.4) is 0 Å². The first-order valence-electron chi connectivity index (χ1n) is 9.06. The van der Waals surface area contributed by atoms with E-state index in [0.717, 1.165) is 6.07 Å². The van der Waals surface area contributed by atoms with Gasteiger partial charge < -0.3 is 14.6 Å². The van der Waals surface area contributed by atoms with E-state index in [1.165, 1.54) is 12.1 Å². The molecule has 2 aromatic carbocycles. The van der Waals surface area contributed by atoms with Crippen LogP contribution in [0.25, 0.3) is 0 Å². The number of nitriles is 1. The lowest BCUT2D eigenvalue weighted by molar-refractivity contribution is -0.141. The summed E-state index contributed by atoms with van der Waals surface area (Å²) in [5, 5.41) is 20.8. The molecule has 0 aliphatic carbocycles. The highest BCUT2D eigenvalue weighted by molar-refractivity contribution is 7.81. The van der Waals surface area contributed by atoms with Crippen molar-refractivity contribution in [3.63, 3.8) is 0 Å². The maximum absolute atomic E-state index is 13.9. The molecule has 2 aromatic rings. The van der Waals surface area contributed by atoms with Gasteiger partial charge in [-0.05, 0) is 48.4 Å². The summed E-state index contributed by atoms with van der Waals surface area (Å²) in [5.41, 5.74) is 1.20. The number of ether oxygens (including phenoxy) is 2. The number of hydrogen-bond donors (Lipinski definition) is 3. The molecule has 0 spiro atoms. The van der Waals surface area contributed by atoms with Crippen LogP contribution in [-0.4, -0.2) is 29.5 Å². The SMILES string of the molecule is C[C@H](CCOC(=O)CS)[C@@H](OC(=O)Nc1ccc(C#N)cc1)c1ccc(O)c(F)c1. The zero-order chi connectivity index (χ0) is 22.1. The lowest BCUT2D eigenvalue weighted by Crippen LogP contribution is -2.23. The second-order valence-corrected chi connectivity index (χ2v) is 6.81. The van der Waals surface area contributed by atoms with Crippen molar-refractivity contribution in [3.8, 4) is 11.8 Å². The number of nitrogens with one attached hydrogen (secondary N) is 1. The number of rotatable bonds is 8. The Hall–Kier alpha value is -3.25. The largest absolute Gasteiger partial charge is 0.505 e. The zero-order valence-corrected chi connectivity index (χ0v) is 17.1. The van der Waals surface area contributed by atoms with Gasteiger partial charge in [0, 0.05) is 11.6 Å². The van der Waals surface area contributed by atoms with Crippen LogP contribution in [0.5, 0.6) is 5.75 Å². The Balaban J connectivity index is 2.12. The molecule has 0 saturated heterocycles. The van der Waals surface area contributed by atoms with E-state index in [0.29, 0.717) is 23.2 Å². The molecule has 2 atom stereocenters. The fourth-order valence-electron chi connectivity index (χ4n) is 2.66. The maximum atomic E-state index is 13.9. The summed E-state index contributed by atoms with van der Waals surface area (Å²) in [6, 6.07) is 11.9. The van der Waals surface area contributed by atoms with E-state index in [4.69, 9.17) is 14.7 Å². The van der Waals surface area contributed by atoms with Gasteiger partial charge in [-0.25, -0.2) is 9.18 Å². The molecule has 1 amide bonds. The molecule has 0 radical (unpaired) electrons. The Bertz CT molecular complexity index is 930. The highest BCUT2D eigenvalue weighted by Gasteiger charge is 2.25. The van der Waals surface area contributed by atoms with Crippen molar-refractivity contribution in [2.75, 3.05) is 17.7 Å². The van der Waals surface area contributed by atoms with Gasteiger partial charge in [-0.2, -0.15) is 17.9 Å². The van der Waals surface area contributed by atoms with Crippen molar-refractivity contribution in [3.05, 3.63) is 59.4 Å². The van der Waals surface area contributed by atoms with Crippen LogP contribution in [0.2, 0.25) is 0 Å². The van der Waals surface area contributed by atoms with E-state index in [9.17, 15) is 19.1 Å². The number of phenolic OH excluding ortho intramolecular Hbond substituents is 1. The molecule has 2 rings (SSSR count). The monoisotopic (exact) mass is 432 g/mol. The van der Waals surface area contributed by atoms with Crippen LogP contribution >= 0.6 is 12.6 Å². The average molecular weight is 432 g/mol. The molecule has 0 fully saturated rings. The number of thiol groups is 1. The number of anilines is 1. The van der Waals surface area contributed by atoms with E-state index in [-0.39, 0.29) is 18.3 Å². The van der Waals surface area contributed by atoms with Crippen LogP contribution in [-0.2, 0) is 14.3 Å². The van der Waals surface area contributed by atoms with E-state index in [1.54, 1.807) is 31.2 Å². The summed E-state index contributed by atoms with van der Waals surface area (Å²) < 4.78 is 24.4. The smallest absolute Gasteiger partial charge is 0.412 e. The van der Waals surface area contributed by atoms with Gasteiger partial charge in [0.25, 0.3) is 0 Å². The van der Waals surface area contributed by atoms with Gasteiger partial charge in [0.2, 0.25) is 0 Å². The number of carbonyl (C=O) groups excluding carboxylic acids is 2. The second kappa shape index (κ2) is 11.1. The first kappa shape index (κ1) is 23.0. The fraction of sp³-hybridized carbons (Fsp3) is 0.286. The number of halogens is 1. The van der Waals surface area contributed by atoms with Crippen molar-refractivity contribution in [2.24, 2.45) is 5.92 Å². The minimum atomic E-state index is -0.867. The molecule has 9 heteroatoms. The molecule has 0 aromatic heterocycles. The lowest BCUT2D eigenvalue weighted by Gasteiger charge is -2.25. The summed E-state index contributed by atoms with van der Waals surface area (Å²) in [6.45, 7) is 1.84. The molecule has 7 nitrogen and oxygen atoms in total. The van der Waals surface area contributed by atoms with Crippen molar-refractivity contribution in [2.45, 2.75) is 19.4 Å². The van der Waals surface area contributed by atoms with E-state index in [1.807, 2.05) is 6.07 Å². The van der Waals surface area contributed by atoms with E-state index < -0.39 is 29.7 Å². The number of phenols is 1. The van der Waals surface area contributed by atoms with Crippen LogP contribution in [0.15, 0.2) is 42.5 Å². The minimum absolute atomic E-state index is 0.0511. The topological polar surface area (TPSA) is 109 Å². The summed E-state index contributed by atoms with van der Waals surface area (Å²) >= 11 is 3.83. The lowest BCUT2D eigenvalue weighted by atomic mass is 9.94. The third kappa shape index (κ3) is 6.67. The van der Waals surface area contributed by atoms with Gasteiger partial charge in [-0.15, -0.1) is 0 Å². The van der Waals surface area contributed by atoms with Gasteiger partial charge in [-0.3, -0.25) is 10.1 Å². The minimum Gasteiger partial charge on any atom is -0.505 e. The summed E-state index contributed by atoms with van der Waals surface area (Å²) in [7, 11) is 0. The number of carbonyl (C=O) groups is 2. The van der Waals surface area contributed by atoms with Gasteiger partial charge in [0.15, 0.2) is 11.6 Å².